The van der Waals surface area contributed by atoms with Crippen molar-refractivity contribution in [3.8, 4) is 11.5 Å². The van der Waals surface area contributed by atoms with Gasteiger partial charge in [0, 0.05) is 16.1 Å². The van der Waals surface area contributed by atoms with E-state index in [-0.39, 0.29) is 27.1 Å². The topological polar surface area (TPSA) is 107 Å². The van der Waals surface area contributed by atoms with Crippen molar-refractivity contribution in [3.05, 3.63) is 56.0 Å². The molecule has 3 rings (SSSR count). The van der Waals surface area contributed by atoms with E-state index in [1.807, 2.05) is 0 Å². The van der Waals surface area contributed by atoms with Gasteiger partial charge in [-0.2, -0.15) is 0 Å². The van der Waals surface area contributed by atoms with Crippen LogP contribution in [0.25, 0.3) is 6.08 Å². The Kier molecular flexibility index (Phi) is 5.07. The van der Waals surface area contributed by atoms with Crippen molar-refractivity contribution in [2.24, 2.45) is 0 Å². The first-order valence-electron chi connectivity index (χ1n) is 7.58. The number of nitrogens with zero attached hydrogens (tertiary/aromatic N) is 1. The molecule has 27 heavy (non-hydrogen) atoms. The molecule has 4 amide bonds. The van der Waals surface area contributed by atoms with Crippen molar-refractivity contribution in [1.29, 1.82) is 0 Å². The van der Waals surface area contributed by atoms with Crippen LogP contribution in [0.15, 0.2) is 44.9 Å². The Morgan fingerprint density at radius 3 is 2.37 bits per heavy atom. The van der Waals surface area contributed by atoms with Crippen LogP contribution in [0.2, 0.25) is 0 Å². The van der Waals surface area contributed by atoms with E-state index < -0.39 is 17.8 Å². The first-order valence-corrected chi connectivity index (χ1v) is 9.16. The van der Waals surface area contributed by atoms with Crippen LogP contribution >= 0.6 is 31.9 Å². The number of aryl methyl sites for hydroxylation is 1. The lowest BCUT2D eigenvalue weighted by molar-refractivity contribution is -0.122. The molecule has 7 nitrogen and oxygen atoms in total. The number of nitrogens with one attached hydrogen (secondary N) is 1. The lowest BCUT2D eigenvalue weighted by Crippen LogP contribution is -2.54. The van der Waals surface area contributed by atoms with Gasteiger partial charge in [-0.1, -0.05) is 15.9 Å². The number of carbonyl (C=O) groups is 3. The van der Waals surface area contributed by atoms with Crippen LogP contribution in [0.4, 0.5) is 10.5 Å². The third kappa shape index (κ3) is 3.60. The number of rotatable bonds is 2. The number of halogens is 2. The number of barbiturate groups is 1. The maximum absolute atomic E-state index is 12.8. The number of phenolic OH excluding ortho intramolecular Hbond substituents is 2. The number of imide groups is 2. The second-order valence-corrected chi connectivity index (χ2v) is 7.46. The van der Waals surface area contributed by atoms with Crippen molar-refractivity contribution in [1.82, 2.24) is 5.32 Å². The van der Waals surface area contributed by atoms with Crippen LogP contribution in [0.1, 0.15) is 11.1 Å². The number of hydrogen-bond acceptors (Lipinski definition) is 5. The minimum atomic E-state index is -0.876. The fourth-order valence-electron chi connectivity index (χ4n) is 2.50. The Hall–Kier alpha value is -2.65. The third-order valence-electron chi connectivity index (χ3n) is 3.90. The first-order chi connectivity index (χ1) is 12.7. The van der Waals surface area contributed by atoms with Gasteiger partial charge in [0.2, 0.25) is 0 Å². The maximum Gasteiger partial charge on any atom is 0.335 e. The Bertz CT molecular complexity index is 1030. The van der Waals surface area contributed by atoms with E-state index in [0.717, 1.165) is 27.1 Å². The highest BCUT2D eigenvalue weighted by Gasteiger charge is 2.37. The molecule has 1 heterocycles. The minimum absolute atomic E-state index is 0.125. The number of carbonyl (C=O) groups excluding carboxylic acids is 3. The molecule has 0 aliphatic carbocycles. The van der Waals surface area contributed by atoms with Gasteiger partial charge in [0.25, 0.3) is 11.8 Å². The van der Waals surface area contributed by atoms with Gasteiger partial charge in [0.1, 0.15) is 17.1 Å². The van der Waals surface area contributed by atoms with Crippen LogP contribution in [0.5, 0.6) is 11.5 Å². The second kappa shape index (κ2) is 7.16. The summed E-state index contributed by atoms with van der Waals surface area (Å²) in [5.74, 6) is -2.23. The monoisotopic (exact) mass is 494 g/mol. The molecule has 1 aliphatic rings. The highest BCUT2D eigenvalue weighted by atomic mass is 79.9. The van der Waals surface area contributed by atoms with Crippen LogP contribution in [-0.4, -0.2) is 28.1 Å². The van der Waals surface area contributed by atoms with E-state index in [9.17, 15) is 24.6 Å². The molecular formula is C18H12Br2N2O5. The quantitative estimate of drug-likeness (QED) is 0.436. The number of aromatic hydroxyl groups is 2. The molecule has 0 atom stereocenters. The molecular weight excluding hydrogens is 484 g/mol. The standard InChI is InChI=1S/C18H12Br2N2O5/c1-8-4-10(2-3-12(8)19)22-17(26)11(16(25)21-18(22)27)5-9-6-13(20)15(24)7-14(9)23/h2-7,23-24H,1H3,(H,21,25,27)/b11-5+. The van der Waals surface area contributed by atoms with Crippen molar-refractivity contribution >= 4 is 61.5 Å². The number of anilines is 1. The zero-order chi connectivity index (χ0) is 19.9. The van der Waals surface area contributed by atoms with Crippen molar-refractivity contribution in [3.63, 3.8) is 0 Å². The molecule has 0 unspecified atom stereocenters. The van der Waals surface area contributed by atoms with Crippen molar-refractivity contribution in [2.45, 2.75) is 6.92 Å². The fourth-order valence-corrected chi connectivity index (χ4v) is 3.10. The first kappa shape index (κ1) is 19.1. The van der Waals surface area contributed by atoms with E-state index in [2.05, 4.69) is 37.2 Å². The third-order valence-corrected chi connectivity index (χ3v) is 5.42. The summed E-state index contributed by atoms with van der Waals surface area (Å²) in [6.45, 7) is 1.80. The Balaban J connectivity index is 2.07. The molecule has 2 aromatic carbocycles. The predicted molar refractivity (Wildman–Crippen MR) is 105 cm³/mol. The van der Waals surface area contributed by atoms with Crippen LogP contribution in [-0.2, 0) is 9.59 Å². The number of amides is 4. The number of phenols is 2. The zero-order valence-corrected chi connectivity index (χ0v) is 17.0. The van der Waals surface area contributed by atoms with E-state index in [1.54, 1.807) is 25.1 Å². The van der Waals surface area contributed by atoms with Crippen LogP contribution < -0.4 is 10.2 Å². The second-order valence-electron chi connectivity index (χ2n) is 5.75. The van der Waals surface area contributed by atoms with E-state index in [4.69, 9.17) is 0 Å². The SMILES string of the molecule is Cc1cc(N2C(=O)NC(=O)/C(=C\c3cc(Br)c(O)cc3O)C2=O)ccc1Br. The smallest absolute Gasteiger partial charge is 0.335 e. The molecule has 138 valence electrons. The van der Waals surface area contributed by atoms with Crippen molar-refractivity contribution < 1.29 is 24.6 Å². The van der Waals surface area contributed by atoms with Gasteiger partial charge in [0.15, 0.2) is 0 Å². The highest BCUT2D eigenvalue weighted by Crippen LogP contribution is 2.33. The zero-order valence-electron chi connectivity index (χ0n) is 13.8. The Morgan fingerprint density at radius 1 is 1.00 bits per heavy atom. The molecule has 0 radical (unpaired) electrons. The summed E-state index contributed by atoms with van der Waals surface area (Å²) in [6, 6.07) is 6.44. The molecule has 0 saturated carbocycles. The maximum atomic E-state index is 12.8. The highest BCUT2D eigenvalue weighted by molar-refractivity contribution is 9.10. The summed E-state index contributed by atoms with van der Waals surface area (Å²) in [5, 5.41) is 21.7. The molecule has 3 N–H and O–H groups in total. The lowest BCUT2D eigenvalue weighted by Gasteiger charge is -2.26. The normalized spacial score (nSPS) is 16.0. The number of hydrogen-bond donors (Lipinski definition) is 3. The largest absolute Gasteiger partial charge is 0.507 e. The van der Waals surface area contributed by atoms with Gasteiger partial charge < -0.3 is 10.2 Å². The number of benzene rings is 2. The molecule has 9 heteroatoms. The predicted octanol–water partition coefficient (Wildman–Crippen LogP) is 3.60. The van der Waals surface area contributed by atoms with Gasteiger partial charge in [0.05, 0.1) is 10.2 Å². The van der Waals surface area contributed by atoms with Gasteiger partial charge in [-0.3, -0.25) is 14.9 Å². The van der Waals surface area contributed by atoms with Crippen molar-refractivity contribution in [2.75, 3.05) is 4.90 Å². The average molecular weight is 496 g/mol. The summed E-state index contributed by atoms with van der Waals surface area (Å²) in [4.78, 5) is 38.1. The van der Waals surface area contributed by atoms with Gasteiger partial charge in [-0.05, 0) is 58.8 Å². The molecule has 0 bridgehead atoms. The van der Waals surface area contributed by atoms with E-state index in [0.29, 0.717) is 5.69 Å². The van der Waals surface area contributed by atoms with Gasteiger partial charge in [-0.25, -0.2) is 9.69 Å². The minimum Gasteiger partial charge on any atom is -0.507 e. The summed E-state index contributed by atoms with van der Waals surface area (Å²) in [5.41, 5.74) is 0.894. The van der Waals surface area contributed by atoms with Gasteiger partial charge >= 0.3 is 6.03 Å². The van der Waals surface area contributed by atoms with Crippen LogP contribution in [0.3, 0.4) is 0 Å². The molecule has 1 fully saturated rings. The average Bonchev–Trinajstić information content (AvgIpc) is 2.59. The summed E-state index contributed by atoms with van der Waals surface area (Å²) < 4.78 is 1.08. The van der Waals surface area contributed by atoms with Crippen LogP contribution in [0, 0.1) is 6.92 Å². The Morgan fingerprint density at radius 2 is 1.70 bits per heavy atom. The summed E-state index contributed by atoms with van der Waals surface area (Å²) >= 11 is 6.45. The Labute approximate surface area is 170 Å². The molecule has 1 aliphatic heterocycles. The molecule has 0 spiro atoms. The fraction of sp³-hybridized carbons (Fsp3) is 0.0556. The van der Waals surface area contributed by atoms with E-state index >= 15 is 0 Å². The summed E-state index contributed by atoms with van der Waals surface area (Å²) in [6.07, 6.45) is 1.16. The summed E-state index contributed by atoms with van der Waals surface area (Å²) in [7, 11) is 0. The lowest BCUT2D eigenvalue weighted by atomic mass is 10.1. The molecule has 1 saturated heterocycles. The molecule has 0 aromatic heterocycles. The molecule has 2 aromatic rings. The van der Waals surface area contributed by atoms with Gasteiger partial charge in [-0.15, -0.1) is 0 Å². The number of urea groups is 1. The van der Waals surface area contributed by atoms with E-state index in [1.165, 1.54) is 6.07 Å².